The van der Waals surface area contributed by atoms with Gasteiger partial charge in [-0.15, -0.1) is 0 Å². The third-order valence-electron chi connectivity index (χ3n) is 4.34. The number of anilines is 3. The molecule has 2 amide bonds. The maximum Gasteiger partial charge on any atom is 0.370 e. The van der Waals surface area contributed by atoms with Crippen molar-refractivity contribution in [2.45, 2.75) is 19.1 Å². The Morgan fingerprint density at radius 2 is 2.26 bits per heavy atom. The van der Waals surface area contributed by atoms with Crippen molar-refractivity contribution in [2.75, 3.05) is 30.0 Å². The number of benzene rings is 1. The van der Waals surface area contributed by atoms with Crippen LogP contribution in [0.25, 0.3) is 0 Å². The topological polar surface area (TPSA) is 147 Å². The summed E-state index contributed by atoms with van der Waals surface area (Å²) in [6.45, 7) is 0.226. The van der Waals surface area contributed by atoms with Gasteiger partial charge in [-0.1, -0.05) is 18.2 Å². The average Bonchev–Trinajstić information content (AvgIpc) is 2.66. The van der Waals surface area contributed by atoms with Gasteiger partial charge in [0.2, 0.25) is 0 Å². The summed E-state index contributed by atoms with van der Waals surface area (Å²) in [5.41, 5.74) is 8.99. The largest absolute Gasteiger partial charge is 0.448 e. The summed E-state index contributed by atoms with van der Waals surface area (Å²) >= 11 is 0. The molecule has 0 radical (unpaired) electrons. The highest BCUT2D eigenvalue weighted by Crippen LogP contribution is 2.22. The Labute approximate surface area is 156 Å². The highest BCUT2D eigenvalue weighted by atomic mass is 16.5. The summed E-state index contributed by atoms with van der Waals surface area (Å²) in [4.78, 5) is 16.5. The number of para-hydroxylation sites is 1. The van der Waals surface area contributed by atoms with Crippen molar-refractivity contribution in [3.05, 3.63) is 47.2 Å². The molecule has 1 atom stereocenters. The Hall–Kier alpha value is -3.33. The van der Waals surface area contributed by atoms with Gasteiger partial charge in [0.15, 0.2) is 0 Å². The molecule has 0 fully saturated rings. The molecular weight excluding hydrogens is 348 g/mol. The summed E-state index contributed by atoms with van der Waals surface area (Å²) in [7, 11) is 1.39. The molecule has 0 saturated carbocycles. The second kappa shape index (κ2) is 7.92. The van der Waals surface area contributed by atoms with Crippen LogP contribution in [-0.4, -0.2) is 41.7 Å². The molecule has 27 heavy (non-hydrogen) atoms. The first-order chi connectivity index (χ1) is 13.0. The number of aromatic nitrogens is 1. The molecule has 2 aromatic rings. The number of urea groups is 1. The fraction of sp³-hybridized carbons (Fsp3) is 0.278. The lowest BCUT2D eigenvalue weighted by molar-refractivity contribution is -0.135. The molecule has 9 nitrogen and oxygen atoms in total. The van der Waals surface area contributed by atoms with Crippen molar-refractivity contribution in [1.29, 1.82) is 0 Å². The Kier molecular flexibility index (Phi) is 5.41. The summed E-state index contributed by atoms with van der Waals surface area (Å²) in [5, 5.41) is 24.1. The van der Waals surface area contributed by atoms with Gasteiger partial charge in [0.25, 0.3) is 0 Å². The van der Waals surface area contributed by atoms with Gasteiger partial charge in [-0.25, -0.2) is 15.2 Å². The normalized spacial score (nSPS) is 15.3. The van der Waals surface area contributed by atoms with Crippen LogP contribution in [0.1, 0.15) is 16.8 Å². The van der Waals surface area contributed by atoms with E-state index in [9.17, 15) is 9.90 Å². The summed E-state index contributed by atoms with van der Waals surface area (Å²) in [6.07, 6.45) is 0.728. The number of aliphatic hydroxyl groups is 1. The predicted molar refractivity (Wildman–Crippen MR) is 102 cm³/mol. The highest BCUT2D eigenvalue weighted by Gasteiger charge is 2.22. The lowest BCUT2D eigenvalue weighted by atomic mass is 10.00. The SMILES string of the molecule is COC(=[NH2+])c1c(N)cc(NC(=O)NC2CNc3ccccc3C2)nc1CO. The van der Waals surface area contributed by atoms with Gasteiger partial charge in [0.05, 0.1) is 31.1 Å². The van der Waals surface area contributed by atoms with Crippen LogP contribution in [0.3, 0.4) is 0 Å². The molecule has 1 aromatic carbocycles. The van der Waals surface area contributed by atoms with Gasteiger partial charge in [-0.05, 0) is 18.1 Å². The first-order valence-corrected chi connectivity index (χ1v) is 8.48. The van der Waals surface area contributed by atoms with E-state index < -0.39 is 12.6 Å². The number of ether oxygens (including phenoxy) is 1. The Morgan fingerprint density at radius 1 is 1.48 bits per heavy atom. The lowest BCUT2D eigenvalue weighted by Crippen LogP contribution is -2.45. The standard InChI is InChI=1S/C18H22N6O3/c1-27-17(20)16-12(19)7-15(23-14(16)9-25)24-18(26)22-11-6-10-4-2-3-5-13(10)21-8-11/h2-5,7,11,20-21,25H,6,8-9H2,1H3,(H4,19,22,23,24,26)/p+1. The van der Waals surface area contributed by atoms with E-state index in [-0.39, 0.29) is 29.1 Å². The van der Waals surface area contributed by atoms with Crippen molar-refractivity contribution in [1.82, 2.24) is 10.3 Å². The number of carbonyl (C=O) groups excluding carboxylic acids is 1. The molecule has 8 N–H and O–H groups in total. The number of carbonyl (C=O) groups is 1. The number of hydrogen-bond donors (Lipinski definition) is 6. The number of nitrogens with two attached hydrogens (primary N) is 2. The number of hydrogen-bond acceptors (Lipinski definition) is 6. The number of aliphatic hydroxyl groups excluding tert-OH is 1. The van der Waals surface area contributed by atoms with Gasteiger partial charge in [0.1, 0.15) is 11.4 Å². The average molecular weight is 371 g/mol. The van der Waals surface area contributed by atoms with Crippen molar-refractivity contribution >= 4 is 29.1 Å². The Bertz CT molecular complexity index is 870. The molecule has 1 aromatic heterocycles. The minimum atomic E-state index is -0.409. The quantitative estimate of drug-likeness (QED) is 0.314. The molecule has 1 aliphatic rings. The number of rotatable bonds is 4. The number of amides is 2. The van der Waals surface area contributed by atoms with Crippen LogP contribution >= 0.6 is 0 Å². The molecule has 2 heterocycles. The molecular formula is C18H23N6O3+. The van der Waals surface area contributed by atoms with Crippen LogP contribution < -0.4 is 27.1 Å². The molecule has 0 saturated heterocycles. The Morgan fingerprint density at radius 3 is 3.00 bits per heavy atom. The predicted octanol–water partition coefficient (Wildman–Crippen LogP) is -0.533. The highest BCUT2D eigenvalue weighted by molar-refractivity contribution is 5.97. The van der Waals surface area contributed by atoms with Crippen LogP contribution in [0.4, 0.5) is 22.0 Å². The zero-order chi connectivity index (χ0) is 19.4. The van der Waals surface area contributed by atoms with Crippen molar-refractivity contribution in [2.24, 2.45) is 0 Å². The number of fused-ring (bicyclic) bond motifs is 1. The number of methoxy groups -OCH3 is 1. The summed E-state index contributed by atoms with van der Waals surface area (Å²) in [5.74, 6) is 0.262. The second-order valence-corrected chi connectivity index (χ2v) is 6.18. The molecule has 1 aliphatic heterocycles. The second-order valence-electron chi connectivity index (χ2n) is 6.18. The van der Waals surface area contributed by atoms with Gasteiger partial charge < -0.3 is 26.2 Å². The summed E-state index contributed by atoms with van der Waals surface area (Å²) in [6, 6.07) is 8.97. The fourth-order valence-corrected chi connectivity index (χ4v) is 3.07. The number of nitrogen functional groups attached to an aromatic ring is 1. The molecule has 9 heteroatoms. The van der Waals surface area contributed by atoms with Crippen LogP contribution in [0.5, 0.6) is 0 Å². The fourth-order valence-electron chi connectivity index (χ4n) is 3.07. The van der Waals surface area contributed by atoms with Crippen molar-refractivity contribution < 1.29 is 20.0 Å². The lowest BCUT2D eigenvalue weighted by Gasteiger charge is -2.26. The molecule has 0 spiro atoms. The number of pyridine rings is 1. The van der Waals surface area contributed by atoms with E-state index in [0.29, 0.717) is 12.1 Å². The van der Waals surface area contributed by atoms with Crippen LogP contribution in [0.15, 0.2) is 30.3 Å². The van der Waals surface area contributed by atoms with E-state index in [2.05, 4.69) is 20.9 Å². The number of nitrogens with zero attached hydrogens (tertiary/aromatic N) is 1. The molecule has 142 valence electrons. The van der Waals surface area contributed by atoms with E-state index in [1.807, 2.05) is 24.3 Å². The Balaban J connectivity index is 1.68. The van der Waals surface area contributed by atoms with Crippen LogP contribution in [0.2, 0.25) is 0 Å². The van der Waals surface area contributed by atoms with E-state index in [1.54, 1.807) is 0 Å². The molecule has 0 aliphatic carbocycles. The summed E-state index contributed by atoms with van der Waals surface area (Å²) < 4.78 is 4.97. The maximum atomic E-state index is 12.3. The molecule has 1 unspecified atom stereocenters. The van der Waals surface area contributed by atoms with Gasteiger partial charge in [-0.2, -0.15) is 0 Å². The van der Waals surface area contributed by atoms with Gasteiger partial charge in [0, 0.05) is 18.3 Å². The zero-order valence-electron chi connectivity index (χ0n) is 15.0. The van der Waals surface area contributed by atoms with Crippen LogP contribution in [0, 0.1) is 0 Å². The number of nitrogens with one attached hydrogen (secondary N) is 3. The smallest absolute Gasteiger partial charge is 0.370 e. The van der Waals surface area contributed by atoms with E-state index in [4.69, 9.17) is 15.9 Å². The van der Waals surface area contributed by atoms with E-state index in [1.165, 1.54) is 13.2 Å². The first kappa shape index (κ1) is 18.5. The first-order valence-electron chi connectivity index (χ1n) is 8.48. The van der Waals surface area contributed by atoms with Gasteiger partial charge >= 0.3 is 11.9 Å². The van der Waals surface area contributed by atoms with Gasteiger partial charge in [-0.3, -0.25) is 5.32 Å². The minimum absolute atomic E-state index is 0.0481. The maximum absolute atomic E-state index is 12.3. The van der Waals surface area contributed by atoms with Crippen molar-refractivity contribution in [3.63, 3.8) is 0 Å². The van der Waals surface area contributed by atoms with Crippen LogP contribution in [-0.2, 0) is 17.8 Å². The molecule has 0 bridgehead atoms. The third kappa shape index (κ3) is 4.09. The third-order valence-corrected chi connectivity index (χ3v) is 4.34. The van der Waals surface area contributed by atoms with E-state index in [0.717, 1.165) is 17.7 Å². The minimum Gasteiger partial charge on any atom is -0.448 e. The van der Waals surface area contributed by atoms with Crippen molar-refractivity contribution in [3.8, 4) is 0 Å². The van der Waals surface area contributed by atoms with E-state index >= 15 is 0 Å². The zero-order valence-corrected chi connectivity index (χ0v) is 15.0. The monoisotopic (exact) mass is 371 g/mol. The molecule has 3 rings (SSSR count).